The van der Waals surface area contributed by atoms with Crippen LogP contribution < -0.4 is 10.5 Å². The first-order chi connectivity index (χ1) is 8.77. The third kappa shape index (κ3) is 3.65. The van der Waals surface area contributed by atoms with Crippen LogP contribution in [0.3, 0.4) is 0 Å². The molecule has 0 saturated carbocycles. The number of aromatic nitrogens is 1. The van der Waals surface area contributed by atoms with Gasteiger partial charge in [-0.2, -0.15) is 0 Å². The van der Waals surface area contributed by atoms with E-state index in [4.69, 9.17) is 22.7 Å². The number of likely N-dealkylation sites (tertiary alicyclic amines) is 1. The Morgan fingerprint density at radius 3 is 2.89 bits per heavy atom. The third-order valence-electron chi connectivity index (χ3n) is 3.13. The minimum absolute atomic E-state index is 0.330. The summed E-state index contributed by atoms with van der Waals surface area (Å²) in [6, 6.07) is 3.65. The van der Waals surface area contributed by atoms with Gasteiger partial charge in [0.05, 0.1) is 5.56 Å². The average molecular weight is 265 g/mol. The first-order valence-corrected chi connectivity index (χ1v) is 6.78. The van der Waals surface area contributed by atoms with Gasteiger partial charge in [-0.05, 0) is 38.1 Å². The number of hydrogen-bond donors (Lipinski definition) is 1. The minimum Gasteiger partial charge on any atom is -0.476 e. The first kappa shape index (κ1) is 13.2. The Morgan fingerprint density at radius 2 is 2.17 bits per heavy atom. The van der Waals surface area contributed by atoms with Crippen LogP contribution in [0.2, 0.25) is 0 Å². The quantitative estimate of drug-likeness (QED) is 0.819. The van der Waals surface area contributed by atoms with Gasteiger partial charge in [-0.1, -0.05) is 18.6 Å². The first-order valence-electron chi connectivity index (χ1n) is 6.37. The van der Waals surface area contributed by atoms with E-state index in [9.17, 15) is 0 Å². The van der Waals surface area contributed by atoms with E-state index >= 15 is 0 Å². The van der Waals surface area contributed by atoms with Crippen LogP contribution in [0, 0.1) is 0 Å². The van der Waals surface area contributed by atoms with Crippen LogP contribution in [-0.4, -0.2) is 41.1 Å². The summed E-state index contributed by atoms with van der Waals surface area (Å²) in [5, 5.41) is 0. The summed E-state index contributed by atoms with van der Waals surface area (Å²) in [7, 11) is 0. The molecule has 5 heteroatoms. The van der Waals surface area contributed by atoms with Crippen molar-refractivity contribution in [2.24, 2.45) is 5.73 Å². The summed E-state index contributed by atoms with van der Waals surface area (Å²) >= 11 is 4.97. The summed E-state index contributed by atoms with van der Waals surface area (Å²) < 4.78 is 5.68. The standard InChI is InChI=1S/C13H19N3OS/c14-12(18)11-5-4-6-15-13(11)17-10-9-16-7-2-1-3-8-16/h4-6H,1-3,7-10H2,(H2,14,18). The van der Waals surface area contributed by atoms with Crippen molar-refractivity contribution in [3.05, 3.63) is 23.9 Å². The molecule has 18 heavy (non-hydrogen) atoms. The van der Waals surface area contributed by atoms with Crippen molar-refractivity contribution in [2.45, 2.75) is 19.3 Å². The zero-order chi connectivity index (χ0) is 12.8. The molecule has 0 aromatic carbocycles. The summed E-state index contributed by atoms with van der Waals surface area (Å²) in [5.41, 5.74) is 6.34. The van der Waals surface area contributed by atoms with Gasteiger partial charge in [-0.15, -0.1) is 0 Å². The maximum absolute atomic E-state index is 5.68. The van der Waals surface area contributed by atoms with Crippen LogP contribution in [0.1, 0.15) is 24.8 Å². The molecule has 1 saturated heterocycles. The second kappa shape index (κ2) is 6.66. The van der Waals surface area contributed by atoms with Crippen LogP contribution in [-0.2, 0) is 0 Å². The van der Waals surface area contributed by atoms with E-state index in [0.29, 0.717) is 23.0 Å². The lowest BCUT2D eigenvalue weighted by atomic mass is 10.1. The van der Waals surface area contributed by atoms with Gasteiger partial charge < -0.3 is 10.5 Å². The molecule has 0 bridgehead atoms. The van der Waals surface area contributed by atoms with Crippen LogP contribution in [0.4, 0.5) is 0 Å². The van der Waals surface area contributed by atoms with Gasteiger partial charge in [-0.25, -0.2) is 4.98 Å². The number of piperidine rings is 1. The van der Waals surface area contributed by atoms with E-state index in [1.165, 1.54) is 32.4 Å². The fourth-order valence-corrected chi connectivity index (χ4v) is 2.30. The molecule has 1 fully saturated rings. The highest BCUT2D eigenvalue weighted by Gasteiger charge is 2.11. The predicted octanol–water partition coefficient (Wildman–Crippen LogP) is 1.58. The van der Waals surface area contributed by atoms with Crippen molar-refractivity contribution in [1.29, 1.82) is 0 Å². The highest BCUT2D eigenvalue weighted by Crippen LogP contribution is 2.14. The number of hydrogen-bond acceptors (Lipinski definition) is 4. The van der Waals surface area contributed by atoms with Crippen LogP contribution in [0.15, 0.2) is 18.3 Å². The van der Waals surface area contributed by atoms with Crippen molar-refractivity contribution >= 4 is 17.2 Å². The number of rotatable bonds is 5. The smallest absolute Gasteiger partial charge is 0.223 e. The molecule has 98 valence electrons. The lowest BCUT2D eigenvalue weighted by molar-refractivity contribution is 0.180. The van der Waals surface area contributed by atoms with Gasteiger partial charge in [0.1, 0.15) is 11.6 Å². The van der Waals surface area contributed by atoms with E-state index in [0.717, 1.165) is 6.54 Å². The SMILES string of the molecule is NC(=S)c1cccnc1OCCN1CCCCC1. The zero-order valence-electron chi connectivity index (χ0n) is 10.5. The van der Waals surface area contributed by atoms with Gasteiger partial charge in [0.15, 0.2) is 0 Å². The van der Waals surface area contributed by atoms with Gasteiger partial charge >= 0.3 is 0 Å². The van der Waals surface area contributed by atoms with Gasteiger partial charge in [0.25, 0.3) is 0 Å². The largest absolute Gasteiger partial charge is 0.476 e. The second-order valence-electron chi connectivity index (χ2n) is 4.47. The second-order valence-corrected chi connectivity index (χ2v) is 4.91. The normalized spacial score (nSPS) is 16.4. The summed E-state index contributed by atoms with van der Waals surface area (Å²) in [6.45, 7) is 3.92. The molecule has 4 nitrogen and oxygen atoms in total. The predicted molar refractivity (Wildman–Crippen MR) is 75.9 cm³/mol. The maximum atomic E-state index is 5.68. The average Bonchev–Trinajstić information content (AvgIpc) is 2.40. The molecular formula is C13H19N3OS. The van der Waals surface area contributed by atoms with Crippen LogP contribution in [0.5, 0.6) is 5.88 Å². The molecule has 1 aliphatic rings. The Labute approximate surface area is 113 Å². The van der Waals surface area contributed by atoms with Crippen molar-refractivity contribution in [1.82, 2.24) is 9.88 Å². The molecule has 1 aromatic rings. The van der Waals surface area contributed by atoms with Crippen molar-refractivity contribution in [2.75, 3.05) is 26.2 Å². The molecule has 0 aliphatic carbocycles. The molecule has 0 amide bonds. The fraction of sp³-hybridized carbons (Fsp3) is 0.538. The van der Waals surface area contributed by atoms with Gasteiger partial charge in [-0.3, -0.25) is 4.90 Å². The molecule has 0 unspecified atom stereocenters. The molecule has 0 atom stereocenters. The lowest BCUT2D eigenvalue weighted by Crippen LogP contribution is -2.33. The minimum atomic E-state index is 0.330. The molecule has 0 radical (unpaired) electrons. The topological polar surface area (TPSA) is 51.4 Å². The van der Waals surface area contributed by atoms with E-state index in [1.54, 1.807) is 6.20 Å². The van der Waals surface area contributed by atoms with Crippen LogP contribution >= 0.6 is 12.2 Å². The van der Waals surface area contributed by atoms with Crippen molar-refractivity contribution < 1.29 is 4.74 Å². The Morgan fingerprint density at radius 1 is 1.39 bits per heavy atom. The maximum Gasteiger partial charge on any atom is 0.223 e. The molecule has 1 aliphatic heterocycles. The van der Waals surface area contributed by atoms with Crippen molar-refractivity contribution in [3.8, 4) is 5.88 Å². The Kier molecular flexibility index (Phi) is 4.90. The Bertz CT molecular complexity index is 405. The number of nitrogens with zero attached hydrogens (tertiary/aromatic N) is 2. The number of nitrogens with two attached hydrogens (primary N) is 1. The van der Waals surface area contributed by atoms with Gasteiger partial charge in [0.2, 0.25) is 5.88 Å². The molecular weight excluding hydrogens is 246 g/mol. The number of thiocarbonyl (C=S) groups is 1. The Hall–Kier alpha value is -1.20. The highest BCUT2D eigenvalue weighted by molar-refractivity contribution is 7.80. The van der Waals surface area contributed by atoms with E-state index in [2.05, 4.69) is 9.88 Å². The van der Waals surface area contributed by atoms with Crippen LogP contribution in [0.25, 0.3) is 0 Å². The summed E-state index contributed by atoms with van der Waals surface area (Å²) in [6.07, 6.45) is 5.63. The highest BCUT2D eigenvalue weighted by atomic mass is 32.1. The van der Waals surface area contributed by atoms with E-state index in [-0.39, 0.29) is 0 Å². The van der Waals surface area contributed by atoms with Gasteiger partial charge in [0, 0.05) is 12.7 Å². The fourth-order valence-electron chi connectivity index (χ4n) is 2.15. The monoisotopic (exact) mass is 265 g/mol. The molecule has 2 N–H and O–H groups in total. The lowest BCUT2D eigenvalue weighted by Gasteiger charge is -2.26. The molecule has 2 heterocycles. The number of pyridine rings is 1. The molecule has 1 aromatic heterocycles. The zero-order valence-corrected chi connectivity index (χ0v) is 11.3. The third-order valence-corrected chi connectivity index (χ3v) is 3.35. The molecule has 2 rings (SSSR count). The summed E-state index contributed by atoms with van der Waals surface area (Å²) in [4.78, 5) is 6.93. The summed E-state index contributed by atoms with van der Waals surface area (Å²) in [5.74, 6) is 0.544. The van der Waals surface area contributed by atoms with E-state index < -0.39 is 0 Å². The number of ether oxygens (including phenoxy) is 1. The Balaban J connectivity index is 1.84. The molecule has 0 spiro atoms. The van der Waals surface area contributed by atoms with Crippen molar-refractivity contribution in [3.63, 3.8) is 0 Å². The van der Waals surface area contributed by atoms with E-state index in [1.807, 2.05) is 12.1 Å².